The van der Waals surface area contributed by atoms with E-state index in [-0.39, 0.29) is 23.8 Å². The molecule has 2 heterocycles. The number of aliphatic hydroxyl groups is 2. The Balaban J connectivity index is 2.21. The third-order valence-electron chi connectivity index (χ3n) is 4.23. The number of nitrogens with zero attached hydrogens (tertiary/aromatic N) is 1. The fourth-order valence-corrected chi connectivity index (χ4v) is 3.04. The molecule has 116 valence electrons. The Bertz CT molecular complexity index is 557. The molecule has 1 fully saturated rings. The Labute approximate surface area is 123 Å². The van der Waals surface area contributed by atoms with Crippen LogP contribution in [0.25, 0.3) is 0 Å². The largest absolute Gasteiger partial charge is 0.396 e. The summed E-state index contributed by atoms with van der Waals surface area (Å²) >= 11 is 0. The van der Waals surface area contributed by atoms with E-state index in [0.29, 0.717) is 25.9 Å². The topological polar surface area (TPSA) is 93.6 Å². The monoisotopic (exact) mass is 294 g/mol. The van der Waals surface area contributed by atoms with Crippen molar-refractivity contribution in [1.82, 2.24) is 9.88 Å². The first kappa shape index (κ1) is 15.7. The number of aromatic amines is 1. The predicted molar refractivity (Wildman–Crippen MR) is 78.0 cm³/mol. The zero-order chi connectivity index (χ0) is 15.5. The van der Waals surface area contributed by atoms with Crippen LogP contribution in [-0.4, -0.2) is 51.8 Å². The summed E-state index contributed by atoms with van der Waals surface area (Å²) in [7, 11) is 0. The quantitative estimate of drug-likeness (QED) is 0.747. The first-order valence-electron chi connectivity index (χ1n) is 7.30. The summed E-state index contributed by atoms with van der Waals surface area (Å²) in [4.78, 5) is 27.9. The highest BCUT2D eigenvalue weighted by molar-refractivity contribution is 5.92. The minimum atomic E-state index is -0.669. The molecule has 1 saturated heterocycles. The number of carbonyl (C=O) groups is 1. The third kappa shape index (κ3) is 3.16. The Hall–Kier alpha value is -1.66. The van der Waals surface area contributed by atoms with Crippen LogP contribution in [0.15, 0.2) is 23.0 Å². The maximum Gasteiger partial charge on any atom is 0.270 e. The minimum Gasteiger partial charge on any atom is -0.396 e. The fourth-order valence-electron chi connectivity index (χ4n) is 3.04. The molecule has 1 aromatic rings. The van der Waals surface area contributed by atoms with Crippen LogP contribution < -0.4 is 5.56 Å². The highest BCUT2D eigenvalue weighted by Crippen LogP contribution is 2.35. The van der Waals surface area contributed by atoms with Crippen LogP contribution >= 0.6 is 0 Å². The van der Waals surface area contributed by atoms with Gasteiger partial charge in [0.25, 0.3) is 5.91 Å². The lowest BCUT2D eigenvalue weighted by molar-refractivity contribution is -0.0721. The highest BCUT2D eigenvalue weighted by Gasteiger charge is 2.43. The maximum atomic E-state index is 12.5. The van der Waals surface area contributed by atoms with Crippen LogP contribution in [0, 0.1) is 5.41 Å². The van der Waals surface area contributed by atoms with E-state index in [0.717, 1.165) is 6.42 Å². The van der Waals surface area contributed by atoms with Crippen molar-refractivity contribution in [3.05, 3.63) is 34.2 Å². The molecule has 21 heavy (non-hydrogen) atoms. The van der Waals surface area contributed by atoms with E-state index in [1.165, 1.54) is 12.1 Å². The summed E-state index contributed by atoms with van der Waals surface area (Å²) in [5.41, 5.74) is -0.750. The number of H-pyrrole nitrogens is 1. The molecule has 0 bridgehead atoms. The van der Waals surface area contributed by atoms with Crippen molar-refractivity contribution in [2.75, 3.05) is 19.7 Å². The van der Waals surface area contributed by atoms with E-state index in [1.807, 2.05) is 6.92 Å². The molecule has 1 aromatic heterocycles. The summed E-state index contributed by atoms with van der Waals surface area (Å²) in [5, 5.41) is 19.9. The standard InChI is InChI=1S/C15H22N2O4/c1-2-7-15(10-18)9-17(8-6-12(15)19)14(21)11-4-3-5-13(20)16-11/h3-5,12,18-19H,2,6-10H2,1H3,(H,16,20)/t12-,15+/m1/s1. The summed E-state index contributed by atoms with van der Waals surface area (Å²) in [6.45, 7) is 2.55. The van der Waals surface area contributed by atoms with Gasteiger partial charge in [0.1, 0.15) is 5.69 Å². The fraction of sp³-hybridized carbons (Fsp3) is 0.600. The van der Waals surface area contributed by atoms with E-state index in [2.05, 4.69) is 4.98 Å². The molecular weight excluding hydrogens is 272 g/mol. The smallest absolute Gasteiger partial charge is 0.270 e. The Kier molecular flexibility index (Phi) is 4.80. The van der Waals surface area contributed by atoms with Gasteiger partial charge in [0.05, 0.1) is 12.7 Å². The lowest BCUT2D eigenvalue weighted by atomic mass is 9.74. The molecule has 6 heteroatoms. The first-order valence-corrected chi connectivity index (χ1v) is 7.30. The summed E-state index contributed by atoms with van der Waals surface area (Å²) in [5.74, 6) is -0.270. The van der Waals surface area contributed by atoms with Gasteiger partial charge in [0, 0.05) is 24.6 Å². The molecular formula is C15H22N2O4. The van der Waals surface area contributed by atoms with Gasteiger partial charge in [-0.15, -0.1) is 0 Å². The molecule has 0 unspecified atom stereocenters. The average molecular weight is 294 g/mol. The van der Waals surface area contributed by atoms with Gasteiger partial charge in [-0.05, 0) is 18.9 Å². The number of rotatable bonds is 4. The van der Waals surface area contributed by atoms with E-state index in [4.69, 9.17) is 0 Å². The molecule has 2 atom stereocenters. The second-order valence-electron chi connectivity index (χ2n) is 5.73. The van der Waals surface area contributed by atoms with Crippen LogP contribution in [0.5, 0.6) is 0 Å². The normalized spacial score (nSPS) is 25.9. The second kappa shape index (κ2) is 6.41. The molecule has 3 N–H and O–H groups in total. The molecule has 1 amide bonds. The van der Waals surface area contributed by atoms with Crippen molar-refractivity contribution in [3.63, 3.8) is 0 Å². The second-order valence-corrected chi connectivity index (χ2v) is 5.73. The van der Waals surface area contributed by atoms with Gasteiger partial charge in [-0.2, -0.15) is 0 Å². The molecule has 0 spiro atoms. The molecule has 0 aliphatic carbocycles. The average Bonchev–Trinajstić information content (AvgIpc) is 2.49. The van der Waals surface area contributed by atoms with Crippen molar-refractivity contribution >= 4 is 5.91 Å². The van der Waals surface area contributed by atoms with Crippen LogP contribution in [-0.2, 0) is 0 Å². The van der Waals surface area contributed by atoms with Crippen LogP contribution in [0.4, 0.5) is 0 Å². The molecule has 2 rings (SSSR count). The van der Waals surface area contributed by atoms with Gasteiger partial charge in [-0.3, -0.25) is 9.59 Å². The number of pyridine rings is 1. The van der Waals surface area contributed by atoms with Crippen molar-refractivity contribution in [1.29, 1.82) is 0 Å². The number of nitrogens with one attached hydrogen (secondary N) is 1. The number of aromatic nitrogens is 1. The zero-order valence-corrected chi connectivity index (χ0v) is 12.2. The van der Waals surface area contributed by atoms with Crippen molar-refractivity contribution in [2.45, 2.75) is 32.3 Å². The Morgan fingerprint density at radius 2 is 2.29 bits per heavy atom. The molecule has 6 nitrogen and oxygen atoms in total. The van der Waals surface area contributed by atoms with Crippen molar-refractivity contribution in [3.8, 4) is 0 Å². The van der Waals surface area contributed by atoms with E-state index in [1.54, 1.807) is 11.0 Å². The SMILES string of the molecule is CCC[C@@]1(CO)CN(C(=O)c2cccc(=O)[nH]2)CC[C@H]1O. The number of likely N-dealkylation sites (tertiary alicyclic amines) is 1. The van der Waals surface area contributed by atoms with Gasteiger partial charge in [0.2, 0.25) is 5.56 Å². The van der Waals surface area contributed by atoms with Crippen LogP contribution in [0.2, 0.25) is 0 Å². The number of amides is 1. The van der Waals surface area contributed by atoms with Gasteiger partial charge in [0.15, 0.2) is 0 Å². The van der Waals surface area contributed by atoms with Crippen LogP contribution in [0.3, 0.4) is 0 Å². The lowest BCUT2D eigenvalue weighted by Crippen LogP contribution is -2.55. The van der Waals surface area contributed by atoms with Gasteiger partial charge >= 0.3 is 0 Å². The summed E-state index contributed by atoms with van der Waals surface area (Å²) < 4.78 is 0. The maximum absolute atomic E-state index is 12.5. The van der Waals surface area contributed by atoms with E-state index < -0.39 is 11.5 Å². The molecule has 0 radical (unpaired) electrons. The third-order valence-corrected chi connectivity index (χ3v) is 4.23. The first-order chi connectivity index (χ1) is 10.0. The molecule has 1 aliphatic heterocycles. The van der Waals surface area contributed by atoms with Gasteiger partial charge in [-0.25, -0.2) is 0 Å². The molecule has 0 saturated carbocycles. The zero-order valence-electron chi connectivity index (χ0n) is 12.2. The number of aliphatic hydroxyl groups excluding tert-OH is 2. The van der Waals surface area contributed by atoms with Gasteiger partial charge in [-0.1, -0.05) is 19.4 Å². The summed E-state index contributed by atoms with van der Waals surface area (Å²) in [6.07, 6.45) is 1.30. The van der Waals surface area contributed by atoms with Crippen molar-refractivity contribution in [2.24, 2.45) is 5.41 Å². The number of hydrogen-bond donors (Lipinski definition) is 3. The minimum absolute atomic E-state index is 0.156. The van der Waals surface area contributed by atoms with E-state index in [9.17, 15) is 19.8 Å². The predicted octanol–water partition coefficient (Wildman–Crippen LogP) is 0.360. The van der Waals surface area contributed by atoms with Crippen molar-refractivity contribution < 1.29 is 15.0 Å². The number of piperidine rings is 1. The highest BCUT2D eigenvalue weighted by atomic mass is 16.3. The van der Waals surface area contributed by atoms with E-state index >= 15 is 0 Å². The number of hydrogen-bond acceptors (Lipinski definition) is 4. The summed E-state index contributed by atoms with van der Waals surface area (Å²) in [6, 6.07) is 4.46. The Morgan fingerprint density at radius 3 is 2.90 bits per heavy atom. The molecule has 1 aliphatic rings. The van der Waals surface area contributed by atoms with Crippen LogP contribution in [0.1, 0.15) is 36.7 Å². The Morgan fingerprint density at radius 1 is 1.52 bits per heavy atom. The lowest BCUT2D eigenvalue weighted by Gasteiger charge is -2.45. The van der Waals surface area contributed by atoms with Gasteiger partial charge < -0.3 is 20.1 Å². The number of carbonyl (C=O) groups excluding carboxylic acids is 1. The molecule has 0 aromatic carbocycles.